The summed E-state index contributed by atoms with van der Waals surface area (Å²) in [6.45, 7) is 2.09. The molecule has 0 spiro atoms. The first-order chi connectivity index (χ1) is 13.4. The van der Waals surface area contributed by atoms with Gasteiger partial charge in [0, 0.05) is 10.6 Å². The molecule has 2 amide bonds. The van der Waals surface area contributed by atoms with Crippen molar-refractivity contribution in [1.82, 2.24) is 16.2 Å². The number of nitrogens with one attached hydrogen (secondary N) is 3. The van der Waals surface area contributed by atoms with Gasteiger partial charge in [-0.05, 0) is 61.6 Å². The maximum absolute atomic E-state index is 12.1. The molecule has 0 aliphatic carbocycles. The molecular formula is C18H17Cl2N3O4S. The fourth-order valence-electron chi connectivity index (χ4n) is 1.97. The third-order valence-corrected chi connectivity index (χ3v) is 3.96. The van der Waals surface area contributed by atoms with Crippen molar-refractivity contribution >= 4 is 52.3 Å². The lowest BCUT2D eigenvalue weighted by molar-refractivity contribution is -0.123. The summed E-state index contributed by atoms with van der Waals surface area (Å²) in [4.78, 5) is 23.9. The number of benzene rings is 2. The smallest absolute Gasteiger partial charge is 0.276 e. The Kier molecular flexibility index (Phi) is 8.31. The van der Waals surface area contributed by atoms with Crippen molar-refractivity contribution in [2.45, 2.75) is 6.92 Å². The number of thiocarbonyl (C=S) groups is 1. The van der Waals surface area contributed by atoms with Gasteiger partial charge in [-0.25, -0.2) is 0 Å². The summed E-state index contributed by atoms with van der Waals surface area (Å²) in [7, 11) is 0. The van der Waals surface area contributed by atoms with E-state index in [4.69, 9.17) is 44.9 Å². The minimum atomic E-state index is -0.524. The predicted octanol–water partition coefficient (Wildman–Crippen LogP) is 3.11. The molecule has 0 aliphatic heterocycles. The third-order valence-electron chi connectivity index (χ3n) is 3.22. The van der Waals surface area contributed by atoms with E-state index in [1.807, 2.05) is 6.92 Å². The number of hydrogen-bond acceptors (Lipinski definition) is 5. The summed E-state index contributed by atoms with van der Waals surface area (Å²) in [5.74, 6) is 0.0167. The number of amides is 2. The van der Waals surface area contributed by atoms with E-state index in [9.17, 15) is 9.59 Å². The van der Waals surface area contributed by atoms with Gasteiger partial charge in [0.2, 0.25) is 0 Å². The Balaban J connectivity index is 1.75. The Hall–Kier alpha value is -2.55. The van der Waals surface area contributed by atoms with Crippen LogP contribution in [0.3, 0.4) is 0 Å². The van der Waals surface area contributed by atoms with Gasteiger partial charge < -0.3 is 9.47 Å². The molecule has 0 saturated heterocycles. The highest BCUT2D eigenvalue weighted by Crippen LogP contribution is 2.27. The van der Waals surface area contributed by atoms with Crippen LogP contribution in [0, 0.1) is 0 Å². The van der Waals surface area contributed by atoms with Gasteiger partial charge in [0.05, 0.1) is 11.6 Å². The van der Waals surface area contributed by atoms with E-state index in [0.29, 0.717) is 28.7 Å². The highest BCUT2D eigenvalue weighted by atomic mass is 35.5. The molecule has 3 N–H and O–H groups in total. The summed E-state index contributed by atoms with van der Waals surface area (Å²) < 4.78 is 10.6. The van der Waals surface area contributed by atoms with Crippen LogP contribution in [0.25, 0.3) is 0 Å². The lowest BCUT2D eigenvalue weighted by atomic mass is 10.2. The predicted molar refractivity (Wildman–Crippen MR) is 111 cm³/mol. The molecule has 10 heteroatoms. The Morgan fingerprint density at radius 3 is 2.39 bits per heavy atom. The molecule has 7 nitrogen and oxygen atoms in total. The van der Waals surface area contributed by atoms with Gasteiger partial charge in [-0.3, -0.25) is 25.8 Å². The SMILES string of the molecule is CCOc1ccc(C(=O)NC(=S)NNC(=O)COc2ccc(Cl)cc2Cl)cc1. The van der Waals surface area contributed by atoms with E-state index in [1.165, 1.54) is 6.07 Å². The highest BCUT2D eigenvalue weighted by molar-refractivity contribution is 7.80. The van der Waals surface area contributed by atoms with Crippen LogP contribution in [0.15, 0.2) is 42.5 Å². The summed E-state index contributed by atoms with van der Waals surface area (Å²) in [5.41, 5.74) is 5.11. The highest BCUT2D eigenvalue weighted by Gasteiger charge is 2.10. The van der Waals surface area contributed by atoms with Crippen molar-refractivity contribution in [1.29, 1.82) is 0 Å². The van der Waals surface area contributed by atoms with Gasteiger partial charge in [-0.2, -0.15) is 0 Å². The molecular weight excluding hydrogens is 425 g/mol. The Bertz CT molecular complexity index is 862. The van der Waals surface area contributed by atoms with Crippen LogP contribution < -0.4 is 25.6 Å². The number of hydrazine groups is 1. The number of carbonyl (C=O) groups is 2. The zero-order chi connectivity index (χ0) is 20.5. The van der Waals surface area contributed by atoms with Crippen LogP contribution in [-0.4, -0.2) is 30.1 Å². The van der Waals surface area contributed by atoms with E-state index < -0.39 is 11.8 Å². The molecule has 0 heterocycles. The van der Waals surface area contributed by atoms with E-state index in [0.717, 1.165) is 0 Å². The maximum atomic E-state index is 12.1. The van der Waals surface area contributed by atoms with Crippen LogP contribution in [0.5, 0.6) is 11.5 Å². The van der Waals surface area contributed by atoms with Gasteiger partial charge >= 0.3 is 0 Å². The average Bonchev–Trinajstić information content (AvgIpc) is 2.66. The first-order valence-corrected chi connectivity index (χ1v) is 9.26. The van der Waals surface area contributed by atoms with Crippen LogP contribution in [0.4, 0.5) is 0 Å². The summed E-state index contributed by atoms with van der Waals surface area (Å²) in [6, 6.07) is 11.2. The lowest BCUT2D eigenvalue weighted by Crippen LogP contribution is -2.49. The monoisotopic (exact) mass is 441 g/mol. The van der Waals surface area contributed by atoms with Gasteiger partial charge in [0.15, 0.2) is 11.7 Å². The lowest BCUT2D eigenvalue weighted by Gasteiger charge is -2.12. The minimum absolute atomic E-state index is 0.0724. The van der Waals surface area contributed by atoms with Crippen molar-refractivity contribution in [2.75, 3.05) is 13.2 Å². The quantitative estimate of drug-likeness (QED) is 0.471. The van der Waals surface area contributed by atoms with Crippen LogP contribution in [0.1, 0.15) is 17.3 Å². The molecule has 2 rings (SSSR count). The second-order valence-electron chi connectivity index (χ2n) is 5.28. The van der Waals surface area contributed by atoms with Gasteiger partial charge in [0.1, 0.15) is 11.5 Å². The second-order valence-corrected chi connectivity index (χ2v) is 6.53. The van der Waals surface area contributed by atoms with Crippen LogP contribution >= 0.6 is 35.4 Å². The van der Waals surface area contributed by atoms with E-state index >= 15 is 0 Å². The van der Waals surface area contributed by atoms with E-state index in [2.05, 4.69) is 16.2 Å². The summed E-state index contributed by atoms with van der Waals surface area (Å²) in [6.07, 6.45) is 0. The molecule has 0 aliphatic rings. The molecule has 0 fully saturated rings. The number of ether oxygens (including phenoxy) is 2. The molecule has 0 aromatic heterocycles. The largest absolute Gasteiger partial charge is 0.494 e. The molecule has 0 saturated carbocycles. The topological polar surface area (TPSA) is 88.7 Å². The normalized spacial score (nSPS) is 9.96. The van der Waals surface area contributed by atoms with Crippen molar-refractivity contribution in [2.24, 2.45) is 0 Å². The van der Waals surface area contributed by atoms with Crippen LogP contribution in [-0.2, 0) is 4.79 Å². The molecule has 2 aromatic carbocycles. The number of carbonyl (C=O) groups excluding carboxylic acids is 2. The van der Waals surface area contributed by atoms with Crippen molar-refractivity contribution in [3.05, 3.63) is 58.1 Å². The van der Waals surface area contributed by atoms with E-state index in [-0.39, 0.29) is 16.7 Å². The molecule has 0 atom stereocenters. The number of halogens is 2. The molecule has 148 valence electrons. The second kappa shape index (κ2) is 10.7. The molecule has 28 heavy (non-hydrogen) atoms. The average molecular weight is 442 g/mol. The Morgan fingerprint density at radius 1 is 1.04 bits per heavy atom. The van der Waals surface area contributed by atoms with Crippen molar-refractivity contribution in [3.8, 4) is 11.5 Å². The zero-order valence-corrected chi connectivity index (χ0v) is 17.1. The number of hydrogen-bond donors (Lipinski definition) is 3. The molecule has 0 bridgehead atoms. The minimum Gasteiger partial charge on any atom is -0.494 e. The fourth-order valence-corrected chi connectivity index (χ4v) is 2.58. The summed E-state index contributed by atoms with van der Waals surface area (Å²) in [5, 5.41) is 3.11. The molecule has 0 unspecified atom stereocenters. The maximum Gasteiger partial charge on any atom is 0.276 e. The van der Waals surface area contributed by atoms with Gasteiger partial charge in [0.25, 0.3) is 11.8 Å². The van der Waals surface area contributed by atoms with Gasteiger partial charge in [-0.15, -0.1) is 0 Å². The Morgan fingerprint density at radius 2 is 1.75 bits per heavy atom. The van der Waals surface area contributed by atoms with Crippen molar-refractivity contribution < 1.29 is 19.1 Å². The van der Waals surface area contributed by atoms with Gasteiger partial charge in [-0.1, -0.05) is 23.2 Å². The standard InChI is InChI=1S/C18H17Cl2N3O4S/c1-2-26-13-6-3-11(4-7-13)17(25)21-18(28)23-22-16(24)10-27-15-8-5-12(19)9-14(15)20/h3-9H,2,10H2,1H3,(H,22,24)(H2,21,23,25,28). The summed E-state index contributed by atoms with van der Waals surface area (Å²) >= 11 is 16.7. The van der Waals surface area contributed by atoms with E-state index in [1.54, 1.807) is 36.4 Å². The first-order valence-electron chi connectivity index (χ1n) is 8.10. The van der Waals surface area contributed by atoms with Crippen molar-refractivity contribution in [3.63, 3.8) is 0 Å². The first kappa shape index (κ1) is 21.7. The number of rotatable bonds is 6. The zero-order valence-electron chi connectivity index (χ0n) is 14.8. The third kappa shape index (κ3) is 6.88. The van der Waals surface area contributed by atoms with Crippen LogP contribution in [0.2, 0.25) is 10.0 Å². The Labute approximate surface area is 177 Å². The fraction of sp³-hybridized carbons (Fsp3) is 0.167. The molecule has 2 aromatic rings. The molecule has 0 radical (unpaired) electrons.